The second kappa shape index (κ2) is 9.98. The molecule has 0 atom stereocenters. The van der Waals surface area contributed by atoms with Gasteiger partial charge in [-0.25, -0.2) is 14.8 Å². The van der Waals surface area contributed by atoms with Crippen molar-refractivity contribution in [3.05, 3.63) is 83.8 Å². The van der Waals surface area contributed by atoms with Gasteiger partial charge in [-0.3, -0.25) is 4.79 Å². The van der Waals surface area contributed by atoms with E-state index in [4.69, 9.17) is 0 Å². The van der Waals surface area contributed by atoms with E-state index in [0.717, 1.165) is 19.4 Å². The van der Waals surface area contributed by atoms with Gasteiger partial charge in [-0.05, 0) is 36.6 Å². The van der Waals surface area contributed by atoms with Crippen molar-refractivity contribution in [1.29, 1.82) is 0 Å². The van der Waals surface area contributed by atoms with Crippen LogP contribution in [0.15, 0.2) is 67.0 Å². The molecule has 0 aliphatic carbocycles. The zero-order chi connectivity index (χ0) is 20.5. The van der Waals surface area contributed by atoms with E-state index in [1.807, 2.05) is 18.2 Å². The molecule has 0 aliphatic rings. The Kier molecular flexibility index (Phi) is 6.89. The van der Waals surface area contributed by atoms with Gasteiger partial charge in [-0.1, -0.05) is 36.4 Å². The topological polar surface area (TPSA) is 93.2 Å². The van der Waals surface area contributed by atoms with Crippen LogP contribution in [0.5, 0.6) is 0 Å². The summed E-state index contributed by atoms with van der Waals surface area (Å²) in [5, 5.41) is 5.90. The summed E-state index contributed by atoms with van der Waals surface area (Å²) in [6.07, 6.45) is 4.89. The molecule has 1 amide bonds. The number of nitrogens with zero attached hydrogens (tertiary/aromatic N) is 2. The van der Waals surface area contributed by atoms with Gasteiger partial charge in [0.05, 0.1) is 25.1 Å². The van der Waals surface area contributed by atoms with Crippen LogP contribution in [0.3, 0.4) is 0 Å². The quantitative estimate of drug-likeness (QED) is 0.451. The molecule has 2 N–H and O–H groups in total. The summed E-state index contributed by atoms with van der Waals surface area (Å²) >= 11 is 0. The Bertz CT molecular complexity index is 959. The van der Waals surface area contributed by atoms with E-state index in [1.54, 1.807) is 24.3 Å². The number of amides is 1. The normalized spacial score (nSPS) is 10.2. The molecule has 3 rings (SSSR count). The first kappa shape index (κ1) is 20.0. The van der Waals surface area contributed by atoms with E-state index in [0.29, 0.717) is 17.1 Å². The van der Waals surface area contributed by atoms with E-state index in [2.05, 4.69) is 37.5 Å². The monoisotopic (exact) mass is 390 g/mol. The first-order valence-corrected chi connectivity index (χ1v) is 9.25. The predicted octanol–water partition coefficient (Wildman–Crippen LogP) is 3.56. The summed E-state index contributed by atoms with van der Waals surface area (Å²) in [7, 11) is 1.31. The molecule has 0 saturated carbocycles. The summed E-state index contributed by atoms with van der Waals surface area (Å²) < 4.78 is 4.68. The van der Waals surface area contributed by atoms with Gasteiger partial charge in [0.2, 0.25) is 0 Å². The van der Waals surface area contributed by atoms with Gasteiger partial charge in [0, 0.05) is 12.2 Å². The van der Waals surface area contributed by atoms with Crippen molar-refractivity contribution >= 4 is 23.4 Å². The maximum absolute atomic E-state index is 12.3. The molecular weight excluding hydrogens is 368 g/mol. The molecule has 2 aromatic carbocycles. The number of carbonyl (C=O) groups excluding carboxylic acids is 2. The summed E-state index contributed by atoms with van der Waals surface area (Å²) in [5.74, 6) is -0.263. The highest BCUT2D eigenvalue weighted by Gasteiger charge is 2.11. The maximum Gasteiger partial charge on any atom is 0.337 e. The fourth-order valence-electron chi connectivity index (χ4n) is 2.73. The van der Waals surface area contributed by atoms with Crippen LogP contribution in [-0.4, -0.2) is 35.5 Å². The molecule has 0 saturated heterocycles. The molecule has 0 unspecified atom stereocenters. The molecular formula is C22H22N4O3. The molecule has 0 aliphatic heterocycles. The van der Waals surface area contributed by atoms with Crippen molar-refractivity contribution in [2.45, 2.75) is 12.8 Å². The molecule has 7 heteroatoms. The van der Waals surface area contributed by atoms with Crippen LogP contribution in [0, 0.1) is 0 Å². The number of ether oxygens (including phenoxy) is 1. The smallest absolute Gasteiger partial charge is 0.337 e. The van der Waals surface area contributed by atoms with Gasteiger partial charge in [0.15, 0.2) is 0 Å². The number of nitrogens with one attached hydrogen (secondary N) is 2. The van der Waals surface area contributed by atoms with E-state index in [-0.39, 0.29) is 5.69 Å². The van der Waals surface area contributed by atoms with Crippen LogP contribution < -0.4 is 10.6 Å². The highest BCUT2D eigenvalue weighted by atomic mass is 16.5. The van der Waals surface area contributed by atoms with Gasteiger partial charge < -0.3 is 15.4 Å². The Morgan fingerprint density at radius 3 is 2.55 bits per heavy atom. The Hall–Kier alpha value is -3.74. The minimum atomic E-state index is -0.469. The molecule has 7 nitrogen and oxygen atoms in total. The van der Waals surface area contributed by atoms with Crippen molar-refractivity contribution in [3.63, 3.8) is 0 Å². The number of rotatable bonds is 8. The number of anilines is 2. The number of aryl methyl sites for hydroxylation is 1. The van der Waals surface area contributed by atoms with Gasteiger partial charge in [-0.15, -0.1) is 0 Å². The Morgan fingerprint density at radius 2 is 1.83 bits per heavy atom. The number of esters is 1. The molecule has 0 bridgehead atoms. The number of aromatic nitrogens is 2. The van der Waals surface area contributed by atoms with E-state index in [1.165, 1.54) is 25.1 Å². The lowest BCUT2D eigenvalue weighted by molar-refractivity contribution is 0.0600. The lowest BCUT2D eigenvalue weighted by atomic mass is 10.1. The Balaban J connectivity index is 1.50. The Labute approximate surface area is 169 Å². The average Bonchev–Trinajstić information content (AvgIpc) is 2.77. The first-order valence-electron chi connectivity index (χ1n) is 9.25. The zero-order valence-corrected chi connectivity index (χ0v) is 16.1. The molecule has 148 valence electrons. The Morgan fingerprint density at radius 1 is 1.00 bits per heavy atom. The summed E-state index contributed by atoms with van der Waals surface area (Å²) in [6.45, 7) is 0.759. The first-order chi connectivity index (χ1) is 14.2. The van der Waals surface area contributed by atoms with E-state index >= 15 is 0 Å². The van der Waals surface area contributed by atoms with Crippen molar-refractivity contribution in [2.24, 2.45) is 0 Å². The fraction of sp³-hybridized carbons (Fsp3) is 0.182. The molecule has 3 aromatic rings. The standard InChI is InChI=1S/C22H22N4O3/c1-29-22(28)17-10-5-11-18(13-17)26-21(27)19-14-25-20(15-24-19)23-12-6-9-16-7-3-2-4-8-16/h2-5,7-8,10-11,13-15H,6,9,12H2,1H3,(H,23,25)(H,26,27). The predicted molar refractivity (Wildman–Crippen MR) is 111 cm³/mol. The van der Waals surface area contributed by atoms with Crippen molar-refractivity contribution in [1.82, 2.24) is 9.97 Å². The zero-order valence-electron chi connectivity index (χ0n) is 16.1. The molecule has 0 radical (unpaired) electrons. The minimum absolute atomic E-state index is 0.184. The second-order valence-electron chi connectivity index (χ2n) is 6.33. The summed E-state index contributed by atoms with van der Waals surface area (Å²) in [6, 6.07) is 16.8. The molecule has 0 spiro atoms. The van der Waals surface area contributed by atoms with Crippen LogP contribution in [0.2, 0.25) is 0 Å². The van der Waals surface area contributed by atoms with Gasteiger partial charge in [0.1, 0.15) is 11.5 Å². The van der Waals surface area contributed by atoms with Crippen LogP contribution in [0.25, 0.3) is 0 Å². The van der Waals surface area contributed by atoms with Crippen LogP contribution in [0.4, 0.5) is 11.5 Å². The lowest BCUT2D eigenvalue weighted by Crippen LogP contribution is -2.15. The highest BCUT2D eigenvalue weighted by Crippen LogP contribution is 2.13. The number of methoxy groups -OCH3 is 1. The van der Waals surface area contributed by atoms with Gasteiger partial charge in [0.25, 0.3) is 5.91 Å². The number of carbonyl (C=O) groups is 2. The SMILES string of the molecule is COC(=O)c1cccc(NC(=O)c2cnc(NCCCc3ccccc3)cn2)c1. The molecule has 1 aromatic heterocycles. The number of benzene rings is 2. The van der Waals surface area contributed by atoms with E-state index < -0.39 is 11.9 Å². The summed E-state index contributed by atoms with van der Waals surface area (Å²) in [4.78, 5) is 32.3. The highest BCUT2D eigenvalue weighted by molar-refractivity contribution is 6.03. The second-order valence-corrected chi connectivity index (χ2v) is 6.33. The van der Waals surface area contributed by atoms with E-state index in [9.17, 15) is 9.59 Å². The average molecular weight is 390 g/mol. The van der Waals surface area contributed by atoms with Crippen LogP contribution >= 0.6 is 0 Å². The van der Waals surface area contributed by atoms with Crippen molar-refractivity contribution in [2.75, 3.05) is 24.3 Å². The minimum Gasteiger partial charge on any atom is -0.465 e. The maximum atomic E-state index is 12.3. The largest absolute Gasteiger partial charge is 0.465 e. The third-order valence-corrected chi connectivity index (χ3v) is 4.22. The van der Waals surface area contributed by atoms with Crippen LogP contribution in [-0.2, 0) is 11.2 Å². The number of hydrogen-bond acceptors (Lipinski definition) is 6. The number of hydrogen-bond donors (Lipinski definition) is 2. The summed E-state index contributed by atoms with van der Waals surface area (Å²) in [5.41, 5.74) is 2.31. The molecule has 0 fully saturated rings. The lowest BCUT2D eigenvalue weighted by Gasteiger charge is -2.08. The van der Waals surface area contributed by atoms with Gasteiger partial charge >= 0.3 is 5.97 Å². The fourth-order valence-corrected chi connectivity index (χ4v) is 2.73. The van der Waals surface area contributed by atoms with Crippen molar-refractivity contribution in [3.8, 4) is 0 Å². The third-order valence-electron chi connectivity index (χ3n) is 4.22. The molecule has 1 heterocycles. The van der Waals surface area contributed by atoms with Crippen LogP contribution in [0.1, 0.15) is 32.8 Å². The molecule has 29 heavy (non-hydrogen) atoms. The third kappa shape index (κ3) is 5.87. The van der Waals surface area contributed by atoms with Crippen molar-refractivity contribution < 1.29 is 14.3 Å². The van der Waals surface area contributed by atoms with Gasteiger partial charge in [-0.2, -0.15) is 0 Å².